The summed E-state index contributed by atoms with van der Waals surface area (Å²) in [4.78, 5) is 9.83. The van der Waals surface area contributed by atoms with E-state index in [1.165, 1.54) is 18.2 Å². The molecule has 0 unspecified atom stereocenters. The third-order valence-corrected chi connectivity index (χ3v) is 1.81. The highest BCUT2D eigenvalue weighted by atomic mass is 35.5. The normalized spacial score (nSPS) is 9.13. The Morgan fingerprint density at radius 3 is 2.87 bits per heavy atom. The Balaban J connectivity index is 2.99. The molecule has 1 aromatic rings. The van der Waals surface area contributed by atoms with Crippen molar-refractivity contribution >= 4 is 17.3 Å². The first-order valence-electron chi connectivity index (χ1n) is 4.17. The summed E-state index contributed by atoms with van der Waals surface area (Å²) >= 11 is 5.42. The average Bonchev–Trinajstić information content (AvgIpc) is 2.20. The van der Waals surface area contributed by atoms with Gasteiger partial charge in [0.1, 0.15) is 0 Å². The molecule has 5 heteroatoms. The van der Waals surface area contributed by atoms with Crippen LogP contribution in [0.5, 0.6) is 5.75 Å². The van der Waals surface area contributed by atoms with Gasteiger partial charge >= 0.3 is 5.69 Å². The summed E-state index contributed by atoms with van der Waals surface area (Å²) in [6, 6.07) is 4.00. The van der Waals surface area contributed by atoms with E-state index < -0.39 is 4.92 Å². The molecular formula is C10H8ClNO3. The molecule has 0 aliphatic rings. The van der Waals surface area contributed by atoms with Crippen LogP contribution in [0.15, 0.2) is 18.2 Å². The highest BCUT2D eigenvalue weighted by Crippen LogP contribution is 2.25. The van der Waals surface area contributed by atoms with Crippen LogP contribution < -0.4 is 0 Å². The second kappa shape index (κ2) is 5.23. The molecule has 0 heterocycles. The molecular weight excluding hydrogens is 218 g/mol. The molecule has 0 saturated heterocycles. The number of phenols is 1. The molecule has 0 fully saturated rings. The number of benzene rings is 1. The van der Waals surface area contributed by atoms with Crippen molar-refractivity contribution in [1.29, 1.82) is 0 Å². The van der Waals surface area contributed by atoms with E-state index in [1.807, 2.05) is 0 Å². The maximum atomic E-state index is 10.5. The highest BCUT2D eigenvalue weighted by Gasteiger charge is 2.12. The lowest BCUT2D eigenvalue weighted by atomic mass is 10.2. The Labute approximate surface area is 91.6 Å². The van der Waals surface area contributed by atoms with Crippen molar-refractivity contribution in [1.82, 2.24) is 0 Å². The van der Waals surface area contributed by atoms with Crippen LogP contribution in [0.3, 0.4) is 0 Å². The average molecular weight is 226 g/mol. The van der Waals surface area contributed by atoms with E-state index in [1.54, 1.807) is 0 Å². The zero-order chi connectivity index (χ0) is 11.3. The summed E-state index contributed by atoms with van der Waals surface area (Å²) in [5, 5.41) is 19.6. The number of aromatic hydroxyl groups is 1. The summed E-state index contributed by atoms with van der Waals surface area (Å²) in [6.07, 6.45) is 0.524. The molecule has 78 valence electrons. The molecule has 4 nitrogen and oxygen atoms in total. The van der Waals surface area contributed by atoms with Gasteiger partial charge in [-0.2, -0.15) is 0 Å². The summed E-state index contributed by atoms with van der Waals surface area (Å²) < 4.78 is 0. The van der Waals surface area contributed by atoms with Gasteiger partial charge in [0, 0.05) is 23.9 Å². The molecule has 0 atom stereocenters. The molecule has 1 rings (SSSR count). The summed E-state index contributed by atoms with van der Waals surface area (Å²) in [7, 11) is 0. The fourth-order valence-electron chi connectivity index (χ4n) is 0.959. The van der Waals surface area contributed by atoms with E-state index in [-0.39, 0.29) is 11.4 Å². The fraction of sp³-hybridized carbons (Fsp3) is 0.200. The quantitative estimate of drug-likeness (QED) is 0.364. The van der Waals surface area contributed by atoms with Gasteiger partial charge < -0.3 is 5.11 Å². The minimum Gasteiger partial charge on any atom is -0.502 e. The molecule has 1 N–H and O–H groups in total. The lowest BCUT2D eigenvalue weighted by Gasteiger charge is -1.95. The standard InChI is InChI=1S/C10H8ClNO3/c11-6-2-1-3-8-4-5-10(13)9(7-8)12(14)15/h4-5,7,13H,2,6H2. The predicted octanol–water partition coefficient (Wildman–Crippen LogP) is 2.28. The molecule has 0 saturated carbocycles. The topological polar surface area (TPSA) is 63.4 Å². The van der Waals surface area contributed by atoms with Crippen molar-refractivity contribution in [2.75, 3.05) is 5.88 Å². The lowest BCUT2D eigenvalue weighted by molar-refractivity contribution is -0.385. The lowest BCUT2D eigenvalue weighted by Crippen LogP contribution is -1.89. The van der Waals surface area contributed by atoms with Crippen LogP contribution in [0.4, 0.5) is 5.69 Å². The van der Waals surface area contributed by atoms with E-state index in [0.29, 0.717) is 17.9 Å². The Hall–Kier alpha value is -1.73. The van der Waals surface area contributed by atoms with Crippen molar-refractivity contribution in [3.8, 4) is 17.6 Å². The summed E-state index contributed by atoms with van der Waals surface area (Å²) in [5.74, 6) is 5.53. The zero-order valence-corrected chi connectivity index (χ0v) is 8.49. The summed E-state index contributed by atoms with van der Waals surface area (Å²) in [5.41, 5.74) is 0.150. The van der Waals surface area contributed by atoms with Crippen LogP contribution in [0.2, 0.25) is 0 Å². The largest absolute Gasteiger partial charge is 0.502 e. The first-order chi connectivity index (χ1) is 7.15. The molecule has 0 spiro atoms. The van der Waals surface area contributed by atoms with Gasteiger partial charge in [-0.25, -0.2) is 0 Å². The van der Waals surface area contributed by atoms with Gasteiger partial charge in [-0.1, -0.05) is 11.8 Å². The molecule has 0 aliphatic heterocycles. The summed E-state index contributed by atoms with van der Waals surface area (Å²) in [6.45, 7) is 0. The Kier molecular flexibility index (Phi) is 3.95. The minimum absolute atomic E-state index is 0.340. The van der Waals surface area contributed by atoms with Gasteiger partial charge in [0.05, 0.1) is 4.92 Å². The number of hydrogen-bond donors (Lipinski definition) is 1. The number of nitro benzene ring substituents is 1. The van der Waals surface area contributed by atoms with Gasteiger partial charge in [-0.3, -0.25) is 10.1 Å². The van der Waals surface area contributed by atoms with Gasteiger partial charge in [0.25, 0.3) is 0 Å². The van der Waals surface area contributed by atoms with E-state index in [2.05, 4.69) is 11.8 Å². The smallest absolute Gasteiger partial charge is 0.311 e. The molecule has 0 radical (unpaired) electrons. The second-order valence-electron chi connectivity index (χ2n) is 2.70. The van der Waals surface area contributed by atoms with Crippen LogP contribution >= 0.6 is 11.6 Å². The predicted molar refractivity (Wildman–Crippen MR) is 57.0 cm³/mol. The monoisotopic (exact) mass is 225 g/mol. The number of nitrogens with zero attached hydrogens (tertiary/aromatic N) is 1. The van der Waals surface area contributed by atoms with Crippen LogP contribution in [-0.4, -0.2) is 15.9 Å². The van der Waals surface area contributed by atoms with Crippen LogP contribution in [-0.2, 0) is 0 Å². The zero-order valence-electron chi connectivity index (χ0n) is 7.74. The fourth-order valence-corrected chi connectivity index (χ4v) is 1.05. The Morgan fingerprint density at radius 1 is 1.53 bits per heavy atom. The minimum atomic E-state index is -0.651. The van der Waals surface area contributed by atoms with E-state index in [4.69, 9.17) is 16.7 Å². The van der Waals surface area contributed by atoms with Crippen molar-refractivity contribution in [2.45, 2.75) is 6.42 Å². The third-order valence-electron chi connectivity index (χ3n) is 1.62. The van der Waals surface area contributed by atoms with Gasteiger partial charge in [-0.15, -0.1) is 11.6 Å². The highest BCUT2D eigenvalue weighted by molar-refractivity contribution is 6.18. The van der Waals surface area contributed by atoms with Crippen molar-refractivity contribution in [2.24, 2.45) is 0 Å². The number of alkyl halides is 1. The number of halogens is 1. The number of rotatable bonds is 2. The number of hydrogen-bond acceptors (Lipinski definition) is 3. The van der Waals surface area contributed by atoms with Crippen LogP contribution in [0, 0.1) is 22.0 Å². The van der Waals surface area contributed by atoms with Crippen molar-refractivity contribution in [3.63, 3.8) is 0 Å². The number of phenolic OH excluding ortho intramolecular Hbond substituents is 1. The maximum Gasteiger partial charge on any atom is 0.311 e. The number of nitro groups is 1. The Bertz CT molecular complexity index is 434. The molecule has 0 bridgehead atoms. The van der Waals surface area contributed by atoms with Gasteiger partial charge in [0.15, 0.2) is 5.75 Å². The first kappa shape index (κ1) is 11.3. The molecule has 0 amide bonds. The molecule has 0 aliphatic carbocycles. The van der Waals surface area contributed by atoms with E-state index in [0.717, 1.165) is 0 Å². The van der Waals surface area contributed by atoms with Crippen molar-refractivity contribution in [3.05, 3.63) is 33.9 Å². The second-order valence-corrected chi connectivity index (χ2v) is 3.08. The van der Waals surface area contributed by atoms with Crippen LogP contribution in [0.1, 0.15) is 12.0 Å². The molecule has 15 heavy (non-hydrogen) atoms. The van der Waals surface area contributed by atoms with E-state index in [9.17, 15) is 10.1 Å². The first-order valence-corrected chi connectivity index (χ1v) is 4.71. The maximum absolute atomic E-state index is 10.5. The van der Waals surface area contributed by atoms with E-state index >= 15 is 0 Å². The molecule has 1 aromatic carbocycles. The SMILES string of the molecule is O=[N+]([O-])c1cc(C#CCCCl)ccc1O. The van der Waals surface area contributed by atoms with Gasteiger partial charge in [0.2, 0.25) is 0 Å². The Morgan fingerprint density at radius 2 is 2.27 bits per heavy atom. The van der Waals surface area contributed by atoms with Crippen molar-refractivity contribution < 1.29 is 10.0 Å². The van der Waals surface area contributed by atoms with Gasteiger partial charge in [-0.05, 0) is 12.1 Å². The van der Waals surface area contributed by atoms with Crippen LogP contribution in [0.25, 0.3) is 0 Å². The molecule has 0 aromatic heterocycles. The third kappa shape index (κ3) is 3.15.